The zero-order valence-corrected chi connectivity index (χ0v) is 16.5. The molecule has 0 amide bonds. The van der Waals surface area contributed by atoms with Gasteiger partial charge in [-0.1, -0.05) is 29.8 Å². The van der Waals surface area contributed by atoms with Crippen LogP contribution >= 0.6 is 0 Å². The fraction of sp³-hybridized carbons (Fsp3) is 0.375. The standard InChI is InChI=1S/C24H27NO3/c1-16-4-3-5-17(12-16)13-20-14-19-15-22(10-11-23(19)25(20)2)28-21-8-6-18(7-9-21)24(26)27/h3-5,10-12,14-15,18,21H,6-9,13H2,1-2H3,(H,26,27). The molecule has 0 unspecified atom stereocenters. The summed E-state index contributed by atoms with van der Waals surface area (Å²) in [7, 11) is 2.11. The highest BCUT2D eigenvalue weighted by atomic mass is 16.5. The number of carboxylic acid groups (broad SMARTS) is 1. The quantitative estimate of drug-likeness (QED) is 0.673. The van der Waals surface area contributed by atoms with Gasteiger partial charge in [0, 0.05) is 30.1 Å². The summed E-state index contributed by atoms with van der Waals surface area (Å²) in [6.45, 7) is 2.12. The summed E-state index contributed by atoms with van der Waals surface area (Å²) in [5.41, 5.74) is 5.08. The van der Waals surface area contributed by atoms with Crippen LogP contribution in [0.4, 0.5) is 0 Å². The van der Waals surface area contributed by atoms with Crippen LogP contribution in [0, 0.1) is 12.8 Å². The molecule has 4 nitrogen and oxygen atoms in total. The van der Waals surface area contributed by atoms with Crippen molar-refractivity contribution >= 4 is 16.9 Å². The predicted molar refractivity (Wildman–Crippen MR) is 111 cm³/mol. The topological polar surface area (TPSA) is 51.5 Å². The number of benzene rings is 2. The first kappa shape index (κ1) is 18.6. The molecule has 28 heavy (non-hydrogen) atoms. The summed E-state index contributed by atoms with van der Waals surface area (Å²) in [5.74, 6) is -0.00934. The summed E-state index contributed by atoms with van der Waals surface area (Å²) < 4.78 is 8.42. The van der Waals surface area contributed by atoms with E-state index in [1.54, 1.807) is 0 Å². The molecule has 0 aliphatic heterocycles. The Morgan fingerprint density at radius 3 is 2.61 bits per heavy atom. The van der Waals surface area contributed by atoms with E-state index in [2.05, 4.69) is 61.0 Å². The summed E-state index contributed by atoms with van der Waals surface area (Å²) in [6.07, 6.45) is 4.04. The number of aryl methyl sites for hydroxylation is 2. The fourth-order valence-corrected chi connectivity index (χ4v) is 4.28. The van der Waals surface area contributed by atoms with E-state index in [4.69, 9.17) is 9.84 Å². The van der Waals surface area contributed by atoms with Gasteiger partial charge in [-0.15, -0.1) is 0 Å². The largest absolute Gasteiger partial charge is 0.490 e. The maximum Gasteiger partial charge on any atom is 0.306 e. The molecule has 0 bridgehead atoms. The number of hydrogen-bond donors (Lipinski definition) is 1. The normalized spacial score (nSPS) is 19.6. The van der Waals surface area contributed by atoms with Crippen molar-refractivity contribution < 1.29 is 14.6 Å². The van der Waals surface area contributed by atoms with E-state index in [1.165, 1.54) is 27.7 Å². The third kappa shape index (κ3) is 3.91. The zero-order valence-electron chi connectivity index (χ0n) is 16.5. The van der Waals surface area contributed by atoms with Crippen LogP contribution in [0.2, 0.25) is 0 Å². The first-order valence-corrected chi connectivity index (χ1v) is 10.0. The highest BCUT2D eigenvalue weighted by Crippen LogP contribution is 2.30. The lowest BCUT2D eigenvalue weighted by atomic mass is 9.87. The Hall–Kier alpha value is -2.75. The van der Waals surface area contributed by atoms with Crippen molar-refractivity contribution in [3.05, 3.63) is 65.4 Å². The van der Waals surface area contributed by atoms with Crippen molar-refractivity contribution in [2.24, 2.45) is 13.0 Å². The molecule has 4 heteroatoms. The lowest BCUT2D eigenvalue weighted by Crippen LogP contribution is -2.27. The second-order valence-electron chi connectivity index (χ2n) is 8.01. The minimum Gasteiger partial charge on any atom is -0.490 e. The van der Waals surface area contributed by atoms with Gasteiger partial charge in [0.25, 0.3) is 0 Å². The van der Waals surface area contributed by atoms with Crippen LogP contribution in [0.5, 0.6) is 5.75 Å². The molecule has 1 aliphatic carbocycles. The summed E-state index contributed by atoms with van der Waals surface area (Å²) in [4.78, 5) is 11.1. The van der Waals surface area contributed by atoms with Gasteiger partial charge in [-0.25, -0.2) is 0 Å². The van der Waals surface area contributed by atoms with Gasteiger partial charge in [0.15, 0.2) is 0 Å². The first-order chi connectivity index (χ1) is 13.5. The van der Waals surface area contributed by atoms with E-state index in [9.17, 15) is 4.79 Å². The van der Waals surface area contributed by atoms with Gasteiger partial charge < -0.3 is 14.4 Å². The summed E-state index contributed by atoms with van der Waals surface area (Å²) in [5, 5.41) is 10.3. The Bertz CT molecular complexity index is 996. The second kappa shape index (κ2) is 7.70. The number of rotatable bonds is 5. The predicted octanol–water partition coefficient (Wildman–Crippen LogP) is 5.10. The Morgan fingerprint density at radius 2 is 1.89 bits per heavy atom. The Labute approximate surface area is 165 Å². The average molecular weight is 377 g/mol. The molecule has 0 atom stereocenters. The van der Waals surface area contributed by atoms with Crippen molar-refractivity contribution in [3.8, 4) is 5.75 Å². The number of aromatic nitrogens is 1. The number of hydrogen-bond acceptors (Lipinski definition) is 2. The van der Waals surface area contributed by atoms with Gasteiger partial charge in [0.1, 0.15) is 5.75 Å². The van der Waals surface area contributed by atoms with Gasteiger partial charge in [-0.2, -0.15) is 0 Å². The maximum atomic E-state index is 11.1. The number of ether oxygens (including phenoxy) is 1. The third-order valence-electron chi connectivity index (χ3n) is 5.91. The molecule has 146 valence electrons. The molecule has 1 heterocycles. The van der Waals surface area contributed by atoms with E-state index in [1.807, 2.05) is 6.07 Å². The number of carbonyl (C=O) groups is 1. The van der Waals surface area contributed by atoms with Crippen molar-refractivity contribution in [1.29, 1.82) is 0 Å². The first-order valence-electron chi connectivity index (χ1n) is 10.0. The molecule has 2 aromatic carbocycles. The molecule has 1 saturated carbocycles. The van der Waals surface area contributed by atoms with Crippen molar-refractivity contribution in [1.82, 2.24) is 4.57 Å². The van der Waals surface area contributed by atoms with Crippen molar-refractivity contribution in [2.45, 2.75) is 45.1 Å². The van der Waals surface area contributed by atoms with Gasteiger partial charge in [0.2, 0.25) is 0 Å². The number of fused-ring (bicyclic) bond motifs is 1. The lowest BCUT2D eigenvalue weighted by molar-refractivity contribution is -0.143. The van der Waals surface area contributed by atoms with Gasteiger partial charge in [-0.3, -0.25) is 4.79 Å². The molecule has 1 N–H and O–H groups in total. The van der Waals surface area contributed by atoms with Crippen LogP contribution in [0.25, 0.3) is 10.9 Å². The molecule has 4 rings (SSSR count). The number of aliphatic carboxylic acids is 1. The Kier molecular flexibility index (Phi) is 5.12. The second-order valence-corrected chi connectivity index (χ2v) is 8.01. The van der Waals surface area contributed by atoms with E-state index < -0.39 is 5.97 Å². The average Bonchev–Trinajstić information content (AvgIpc) is 2.97. The minimum atomic E-state index is -0.676. The van der Waals surface area contributed by atoms with Crippen molar-refractivity contribution in [2.75, 3.05) is 0 Å². The molecule has 1 aromatic heterocycles. The van der Waals surface area contributed by atoms with Crippen LogP contribution in [-0.2, 0) is 18.3 Å². The van der Waals surface area contributed by atoms with Gasteiger partial charge >= 0.3 is 5.97 Å². The minimum absolute atomic E-state index is 0.114. The van der Waals surface area contributed by atoms with Crippen LogP contribution in [0.15, 0.2) is 48.5 Å². The molecule has 0 saturated heterocycles. The smallest absolute Gasteiger partial charge is 0.306 e. The van der Waals surface area contributed by atoms with E-state index in [0.29, 0.717) is 12.8 Å². The molecule has 0 spiro atoms. The monoisotopic (exact) mass is 377 g/mol. The van der Waals surface area contributed by atoms with Crippen LogP contribution in [0.3, 0.4) is 0 Å². The molecular formula is C24H27NO3. The van der Waals surface area contributed by atoms with E-state index in [-0.39, 0.29) is 12.0 Å². The van der Waals surface area contributed by atoms with Gasteiger partial charge in [0.05, 0.1) is 12.0 Å². The van der Waals surface area contributed by atoms with Gasteiger partial charge in [-0.05, 0) is 62.4 Å². The van der Waals surface area contributed by atoms with E-state index in [0.717, 1.165) is 25.0 Å². The summed E-state index contributed by atoms with van der Waals surface area (Å²) in [6, 6.07) is 17.1. The third-order valence-corrected chi connectivity index (χ3v) is 5.91. The number of nitrogens with zero attached hydrogens (tertiary/aromatic N) is 1. The van der Waals surface area contributed by atoms with Crippen LogP contribution in [-0.4, -0.2) is 21.7 Å². The Balaban J connectivity index is 1.49. The fourth-order valence-electron chi connectivity index (χ4n) is 4.28. The molecular weight excluding hydrogens is 350 g/mol. The lowest BCUT2D eigenvalue weighted by Gasteiger charge is -2.26. The zero-order chi connectivity index (χ0) is 19.7. The SMILES string of the molecule is Cc1cccc(Cc2cc3cc(OC4CCC(C(=O)O)CC4)ccc3n2C)c1. The van der Waals surface area contributed by atoms with Crippen LogP contribution < -0.4 is 4.74 Å². The highest BCUT2D eigenvalue weighted by molar-refractivity contribution is 5.83. The Morgan fingerprint density at radius 1 is 1.11 bits per heavy atom. The van der Waals surface area contributed by atoms with Crippen molar-refractivity contribution in [3.63, 3.8) is 0 Å². The summed E-state index contributed by atoms with van der Waals surface area (Å²) >= 11 is 0. The molecule has 1 aliphatic rings. The highest BCUT2D eigenvalue weighted by Gasteiger charge is 2.27. The molecule has 0 radical (unpaired) electrons. The van der Waals surface area contributed by atoms with Crippen LogP contribution in [0.1, 0.15) is 42.5 Å². The number of carboxylic acids is 1. The molecule has 1 fully saturated rings. The molecule has 3 aromatic rings. The maximum absolute atomic E-state index is 11.1. The van der Waals surface area contributed by atoms with E-state index >= 15 is 0 Å².